The van der Waals surface area contributed by atoms with E-state index in [-0.39, 0.29) is 16.3 Å². The van der Waals surface area contributed by atoms with E-state index in [2.05, 4.69) is 51.9 Å². The molecule has 0 radical (unpaired) electrons. The molecule has 0 spiro atoms. The van der Waals surface area contributed by atoms with Crippen LogP contribution < -0.4 is 5.32 Å². The molecule has 1 saturated heterocycles. The van der Waals surface area contributed by atoms with E-state index in [4.69, 9.17) is 0 Å². The highest BCUT2D eigenvalue weighted by Gasteiger charge is 2.30. The van der Waals surface area contributed by atoms with Crippen molar-refractivity contribution < 1.29 is 4.79 Å². The highest BCUT2D eigenvalue weighted by molar-refractivity contribution is 9.10. The maximum Gasteiger partial charge on any atom is 0.234 e. The smallest absolute Gasteiger partial charge is 0.234 e. The first-order valence-corrected chi connectivity index (χ1v) is 8.01. The summed E-state index contributed by atoms with van der Waals surface area (Å²) in [4.78, 5) is 16.7. The SMILES string of the molecule is CC(C)C(Br)C(=O)NCC(C)(C)N1CCN(C)CC1. The van der Waals surface area contributed by atoms with Gasteiger partial charge in [-0.2, -0.15) is 0 Å². The van der Waals surface area contributed by atoms with Crippen LogP contribution in [-0.2, 0) is 4.79 Å². The van der Waals surface area contributed by atoms with Gasteiger partial charge in [-0.05, 0) is 26.8 Å². The fraction of sp³-hybridized carbons (Fsp3) is 0.929. The van der Waals surface area contributed by atoms with Crippen LogP contribution in [0.3, 0.4) is 0 Å². The molecule has 0 bridgehead atoms. The maximum absolute atomic E-state index is 12.0. The van der Waals surface area contributed by atoms with Crippen molar-refractivity contribution in [3.8, 4) is 0 Å². The molecule has 1 heterocycles. The zero-order valence-electron chi connectivity index (χ0n) is 12.9. The molecule has 0 saturated carbocycles. The molecule has 19 heavy (non-hydrogen) atoms. The maximum atomic E-state index is 12.0. The van der Waals surface area contributed by atoms with E-state index in [1.807, 2.05) is 13.8 Å². The first-order chi connectivity index (χ1) is 8.74. The van der Waals surface area contributed by atoms with Crippen LogP contribution in [0, 0.1) is 5.92 Å². The monoisotopic (exact) mass is 333 g/mol. The summed E-state index contributed by atoms with van der Waals surface area (Å²) in [5.41, 5.74) is 0.0145. The number of piperazine rings is 1. The van der Waals surface area contributed by atoms with Crippen molar-refractivity contribution in [1.82, 2.24) is 15.1 Å². The molecule has 0 aromatic heterocycles. The molecule has 1 aliphatic heterocycles. The van der Waals surface area contributed by atoms with Crippen molar-refractivity contribution in [2.45, 2.75) is 38.1 Å². The van der Waals surface area contributed by atoms with E-state index in [1.54, 1.807) is 0 Å². The van der Waals surface area contributed by atoms with Gasteiger partial charge in [0, 0.05) is 38.3 Å². The number of alkyl halides is 1. The third kappa shape index (κ3) is 5.04. The van der Waals surface area contributed by atoms with Crippen LogP contribution >= 0.6 is 15.9 Å². The Bertz CT molecular complexity index is 299. The third-order valence-electron chi connectivity index (χ3n) is 3.89. The number of carbonyl (C=O) groups excluding carboxylic acids is 1. The molecule has 0 aliphatic carbocycles. The molecule has 0 aromatic carbocycles. The molecule has 0 aromatic rings. The lowest BCUT2D eigenvalue weighted by Crippen LogP contribution is -2.58. The minimum Gasteiger partial charge on any atom is -0.353 e. The Labute approximate surface area is 126 Å². The Balaban J connectivity index is 2.44. The van der Waals surface area contributed by atoms with Crippen LogP contribution in [0.4, 0.5) is 0 Å². The Morgan fingerprint density at radius 1 is 1.26 bits per heavy atom. The van der Waals surface area contributed by atoms with E-state index >= 15 is 0 Å². The Morgan fingerprint density at radius 3 is 2.26 bits per heavy atom. The molecule has 1 fully saturated rings. The Morgan fingerprint density at radius 2 is 1.79 bits per heavy atom. The fourth-order valence-electron chi connectivity index (χ4n) is 2.23. The van der Waals surface area contributed by atoms with Gasteiger partial charge in [-0.1, -0.05) is 29.8 Å². The molecule has 1 rings (SSSR count). The standard InChI is InChI=1S/C14H28BrN3O/c1-11(2)12(15)13(19)16-10-14(3,4)18-8-6-17(5)7-9-18/h11-12H,6-10H2,1-5H3,(H,16,19). The lowest BCUT2D eigenvalue weighted by molar-refractivity contribution is -0.121. The van der Waals surface area contributed by atoms with Crippen LogP contribution in [0.5, 0.6) is 0 Å². The van der Waals surface area contributed by atoms with Crippen molar-refractivity contribution >= 4 is 21.8 Å². The predicted octanol–water partition coefficient (Wildman–Crippen LogP) is 1.55. The van der Waals surface area contributed by atoms with Crippen LogP contribution in [0.1, 0.15) is 27.7 Å². The molecule has 1 atom stereocenters. The average molecular weight is 334 g/mol. The van der Waals surface area contributed by atoms with E-state index in [1.165, 1.54) is 0 Å². The molecule has 1 aliphatic rings. The Kier molecular flexibility index (Phi) is 6.27. The topological polar surface area (TPSA) is 35.6 Å². The van der Waals surface area contributed by atoms with E-state index in [0.29, 0.717) is 12.5 Å². The molecule has 1 amide bonds. The van der Waals surface area contributed by atoms with Crippen molar-refractivity contribution in [3.05, 3.63) is 0 Å². The molecular weight excluding hydrogens is 306 g/mol. The van der Waals surface area contributed by atoms with Gasteiger partial charge in [0.25, 0.3) is 0 Å². The number of hydrogen-bond donors (Lipinski definition) is 1. The minimum atomic E-state index is -0.101. The fourth-order valence-corrected chi connectivity index (χ4v) is 2.39. The number of hydrogen-bond acceptors (Lipinski definition) is 3. The van der Waals surface area contributed by atoms with E-state index in [9.17, 15) is 4.79 Å². The molecule has 112 valence electrons. The number of amides is 1. The second kappa shape index (κ2) is 7.04. The van der Waals surface area contributed by atoms with Crippen LogP contribution in [0.25, 0.3) is 0 Å². The Hall–Kier alpha value is -0.130. The van der Waals surface area contributed by atoms with E-state index < -0.39 is 0 Å². The van der Waals surface area contributed by atoms with Crippen LogP contribution in [0.15, 0.2) is 0 Å². The van der Waals surface area contributed by atoms with Gasteiger partial charge in [-0.3, -0.25) is 9.69 Å². The lowest BCUT2D eigenvalue weighted by Gasteiger charge is -2.43. The largest absolute Gasteiger partial charge is 0.353 e. The summed E-state index contributed by atoms with van der Waals surface area (Å²) in [7, 11) is 2.16. The van der Waals surface area contributed by atoms with Crippen molar-refractivity contribution in [2.75, 3.05) is 39.8 Å². The lowest BCUT2D eigenvalue weighted by atomic mass is 10.0. The summed E-state index contributed by atoms with van der Waals surface area (Å²) in [5.74, 6) is 0.406. The van der Waals surface area contributed by atoms with E-state index in [0.717, 1.165) is 26.2 Å². The van der Waals surface area contributed by atoms with Gasteiger partial charge < -0.3 is 10.2 Å². The summed E-state index contributed by atoms with van der Waals surface area (Å²) < 4.78 is 0. The normalized spacial score (nSPS) is 20.6. The summed E-state index contributed by atoms with van der Waals surface area (Å²) in [6.07, 6.45) is 0. The average Bonchev–Trinajstić information content (AvgIpc) is 2.35. The molecule has 4 nitrogen and oxygen atoms in total. The molecular formula is C14H28BrN3O. The van der Waals surface area contributed by atoms with Crippen molar-refractivity contribution in [1.29, 1.82) is 0 Å². The molecule has 5 heteroatoms. The van der Waals surface area contributed by atoms with Gasteiger partial charge in [0.05, 0.1) is 4.83 Å². The number of nitrogens with one attached hydrogen (secondary N) is 1. The number of likely N-dealkylation sites (N-methyl/N-ethyl adjacent to an activating group) is 1. The number of rotatable bonds is 5. The zero-order valence-corrected chi connectivity index (χ0v) is 14.5. The van der Waals surface area contributed by atoms with Gasteiger partial charge in [0.2, 0.25) is 5.91 Å². The predicted molar refractivity (Wildman–Crippen MR) is 83.7 cm³/mol. The number of nitrogens with zero attached hydrogens (tertiary/aromatic N) is 2. The summed E-state index contributed by atoms with van der Waals surface area (Å²) in [6.45, 7) is 13.5. The van der Waals surface area contributed by atoms with Crippen molar-refractivity contribution in [3.63, 3.8) is 0 Å². The first-order valence-electron chi connectivity index (χ1n) is 7.09. The second-order valence-corrected chi connectivity index (χ2v) is 7.45. The third-order valence-corrected chi connectivity index (χ3v) is 5.36. The van der Waals surface area contributed by atoms with Gasteiger partial charge >= 0.3 is 0 Å². The number of halogens is 1. The van der Waals surface area contributed by atoms with Crippen LogP contribution in [-0.4, -0.2) is 65.8 Å². The van der Waals surface area contributed by atoms with Gasteiger partial charge in [0.15, 0.2) is 0 Å². The summed E-state index contributed by atoms with van der Waals surface area (Å²) in [6, 6.07) is 0. The van der Waals surface area contributed by atoms with Gasteiger partial charge in [-0.25, -0.2) is 0 Å². The first kappa shape index (κ1) is 16.9. The van der Waals surface area contributed by atoms with Gasteiger partial charge in [-0.15, -0.1) is 0 Å². The van der Waals surface area contributed by atoms with Gasteiger partial charge in [0.1, 0.15) is 0 Å². The highest BCUT2D eigenvalue weighted by Crippen LogP contribution is 2.17. The summed E-state index contributed by atoms with van der Waals surface area (Å²) in [5, 5.41) is 3.07. The highest BCUT2D eigenvalue weighted by atomic mass is 79.9. The minimum absolute atomic E-state index is 0.0145. The summed E-state index contributed by atoms with van der Waals surface area (Å²) >= 11 is 3.45. The quantitative estimate of drug-likeness (QED) is 0.775. The molecule has 1 N–H and O–H groups in total. The van der Waals surface area contributed by atoms with Crippen LogP contribution in [0.2, 0.25) is 0 Å². The number of carbonyl (C=O) groups is 1. The zero-order chi connectivity index (χ0) is 14.6. The second-order valence-electron chi connectivity index (χ2n) is 6.47. The van der Waals surface area contributed by atoms with Crippen molar-refractivity contribution in [2.24, 2.45) is 5.92 Å². The molecule has 1 unspecified atom stereocenters.